The molecule has 1 aliphatic rings. The Hall–Kier alpha value is -2.32. The number of anilines is 1. The van der Waals surface area contributed by atoms with Gasteiger partial charge in [0, 0.05) is 47.3 Å². The molecule has 22 heavy (non-hydrogen) atoms. The van der Waals surface area contributed by atoms with Gasteiger partial charge in [0.1, 0.15) is 5.69 Å². The lowest BCUT2D eigenvalue weighted by Crippen LogP contribution is -2.52. The van der Waals surface area contributed by atoms with Crippen molar-refractivity contribution in [1.82, 2.24) is 19.6 Å². The molecule has 1 fully saturated rings. The smallest absolute Gasteiger partial charge is 0.334 e. The van der Waals surface area contributed by atoms with Crippen LogP contribution in [0.1, 0.15) is 12.6 Å². The number of carbonyl (C=O) groups is 1. The highest BCUT2D eigenvalue weighted by Gasteiger charge is 2.32. The number of nitro groups is 1. The van der Waals surface area contributed by atoms with Crippen molar-refractivity contribution in [1.29, 1.82) is 0 Å². The molecule has 2 rings (SSSR count). The lowest BCUT2D eigenvalue weighted by atomic mass is 10.2. The van der Waals surface area contributed by atoms with Crippen molar-refractivity contribution in [3.63, 3.8) is 0 Å². The van der Waals surface area contributed by atoms with Crippen LogP contribution in [0, 0.1) is 10.1 Å². The summed E-state index contributed by atoms with van der Waals surface area (Å²) in [6, 6.07) is -0.0339. The maximum Gasteiger partial charge on any atom is 0.334 e. The Bertz CT molecular complexity index is 575. The molecule has 9 nitrogen and oxygen atoms in total. The van der Waals surface area contributed by atoms with E-state index in [4.69, 9.17) is 0 Å². The predicted molar refractivity (Wildman–Crippen MR) is 82.1 cm³/mol. The third kappa shape index (κ3) is 2.83. The van der Waals surface area contributed by atoms with Crippen molar-refractivity contribution >= 4 is 17.5 Å². The van der Waals surface area contributed by atoms with E-state index < -0.39 is 0 Å². The normalized spacial score (nSPS) is 15.1. The zero-order chi connectivity index (χ0) is 16.4. The summed E-state index contributed by atoms with van der Waals surface area (Å²) in [6.07, 6.45) is 0.517. The van der Waals surface area contributed by atoms with Gasteiger partial charge in [0.05, 0.1) is 4.92 Å². The number of rotatable bonds is 3. The zero-order valence-electron chi connectivity index (χ0n) is 13.4. The molecule has 2 amide bonds. The van der Waals surface area contributed by atoms with E-state index in [1.54, 1.807) is 30.7 Å². The van der Waals surface area contributed by atoms with Crippen molar-refractivity contribution in [2.45, 2.75) is 13.3 Å². The van der Waals surface area contributed by atoms with E-state index in [9.17, 15) is 14.9 Å². The van der Waals surface area contributed by atoms with Crippen LogP contribution in [-0.4, -0.2) is 70.8 Å². The van der Waals surface area contributed by atoms with E-state index in [0.29, 0.717) is 44.1 Å². The summed E-state index contributed by atoms with van der Waals surface area (Å²) in [4.78, 5) is 28.2. The molecule has 1 aromatic rings. The van der Waals surface area contributed by atoms with Gasteiger partial charge in [-0.1, -0.05) is 6.92 Å². The summed E-state index contributed by atoms with van der Waals surface area (Å²) in [7, 11) is 5.15. The average Bonchev–Trinajstić information content (AvgIpc) is 2.83. The second kappa shape index (κ2) is 6.20. The van der Waals surface area contributed by atoms with Crippen molar-refractivity contribution in [2.75, 3.05) is 45.2 Å². The van der Waals surface area contributed by atoms with Gasteiger partial charge in [0.15, 0.2) is 0 Å². The highest BCUT2D eigenvalue weighted by molar-refractivity contribution is 5.74. The number of hydrogen-bond acceptors (Lipinski definition) is 5. The fourth-order valence-electron chi connectivity index (χ4n) is 2.73. The molecule has 0 atom stereocenters. The molecule has 1 aliphatic heterocycles. The molecule has 0 saturated carbocycles. The van der Waals surface area contributed by atoms with Crippen LogP contribution in [0.25, 0.3) is 0 Å². The molecule has 0 aliphatic carbocycles. The zero-order valence-corrected chi connectivity index (χ0v) is 13.4. The van der Waals surface area contributed by atoms with Crippen LogP contribution in [-0.2, 0) is 13.5 Å². The second-order valence-electron chi connectivity index (χ2n) is 5.50. The first-order valence-corrected chi connectivity index (χ1v) is 7.28. The first kappa shape index (κ1) is 16.1. The lowest BCUT2D eigenvalue weighted by Gasteiger charge is -2.36. The minimum absolute atomic E-state index is 0.0339. The van der Waals surface area contributed by atoms with Gasteiger partial charge >= 0.3 is 11.7 Å². The van der Waals surface area contributed by atoms with Crippen LogP contribution >= 0.6 is 0 Å². The predicted octanol–water partition coefficient (Wildman–Crippen LogP) is 0.694. The Morgan fingerprint density at radius 1 is 1.32 bits per heavy atom. The Kier molecular flexibility index (Phi) is 4.53. The molecule has 122 valence electrons. The van der Waals surface area contributed by atoms with Gasteiger partial charge in [0.2, 0.25) is 5.82 Å². The van der Waals surface area contributed by atoms with Crippen LogP contribution in [0.5, 0.6) is 0 Å². The molecule has 2 heterocycles. The maximum atomic E-state index is 11.9. The number of nitrogens with zero attached hydrogens (tertiary/aromatic N) is 6. The number of piperazine rings is 1. The molecule has 9 heteroatoms. The lowest BCUT2D eigenvalue weighted by molar-refractivity contribution is -0.384. The van der Waals surface area contributed by atoms with E-state index in [0.717, 1.165) is 0 Å². The minimum atomic E-state index is -0.363. The first-order chi connectivity index (χ1) is 10.4. The molecule has 1 saturated heterocycles. The van der Waals surface area contributed by atoms with Gasteiger partial charge in [0.25, 0.3) is 0 Å². The van der Waals surface area contributed by atoms with Gasteiger partial charge in [-0.3, -0.25) is 10.1 Å². The Labute approximate surface area is 129 Å². The van der Waals surface area contributed by atoms with Gasteiger partial charge in [-0.05, 0) is 6.42 Å². The molecule has 0 aromatic carbocycles. The monoisotopic (exact) mass is 310 g/mol. The van der Waals surface area contributed by atoms with Crippen LogP contribution in [0.4, 0.5) is 16.3 Å². The van der Waals surface area contributed by atoms with E-state index >= 15 is 0 Å². The summed E-state index contributed by atoms with van der Waals surface area (Å²) < 4.78 is 1.57. The number of hydrogen-bond donors (Lipinski definition) is 0. The highest BCUT2D eigenvalue weighted by atomic mass is 16.6. The topological polar surface area (TPSA) is 87.8 Å². The van der Waals surface area contributed by atoms with E-state index in [-0.39, 0.29) is 16.6 Å². The van der Waals surface area contributed by atoms with Crippen molar-refractivity contribution in [3.05, 3.63) is 15.8 Å². The van der Waals surface area contributed by atoms with Crippen LogP contribution < -0.4 is 4.90 Å². The minimum Gasteiger partial charge on any atom is -0.348 e. The van der Waals surface area contributed by atoms with E-state index in [2.05, 4.69) is 5.10 Å². The average molecular weight is 310 g/mol. The number of amides is 2. The Morgan fingerprint density at radius 2 is 1.91 bits per heavy atom. The van der Waals surface area contributed by atoms with Crippen molar-refractivity contribution < 1.29 is 9.72 Å². The molecular formula is C13H22N6O3. The Balaban J connectivity index is 2.20. The SMILES string of the molecule is CCc1nn(C)c(N2CCN(C(=O)N(C)C)CC2)c1[N+](=O)[O-]. The Morgan fingerprint density at radius 3 is 2.36 bits per heavy atom. The molecular weight excluding hydrogens is 288 g/mol. The highest BCUT2D eigenvalue weighted by Crippen LogP contribution is 2.32. The molecule has 0 spiro atoms. The summed E-state index contributed by atoms with van der Waals surface area (Å²) >= 11 is 0. The fraction of sp³-hybridized carbons (Fsp3) is 0.692. The molecule has 0 N–H and O–H groups in total. The van der Waals surface area contributed by atoms with Crippen molar-refractivity contribution in [2.24, 2.45) is 7.05 Å². The standard InChI is InChI=1S/C13H22N6O3/c1-5-10-11(19(21)22)12(16(4)14-10)17-6-8-18(9-7-17)13(20)15(2)3/h5-9H2,1-4H3. The molecule has 0 bridgehead atoms. The third-order valence-corrected chi connectivity index (χ3v) is 3.81. The van der Waals surface area contributed by atoms with Gasteiger partial charge in [-0.2, -0.15) is 5.10 Å². The number of carbonyl (C=O) groups excluding carboxylic acids is 1. The third-order valence-electron chi connectivity index (χ3n) is 3.81. The van der Waals surface area contributed by atoms with Gasteiger partial charge < -0.3 is 14.7 Å². The van der Waals surface area contributed by atoms with Crippen LogP contribution in [0.2, 0.25) is 0 Å². The number of aryl methyl sites for hydroxylation is 2. The quantitative estimate of drug-likeness (QED) is 0.605. The summed E-state index contributed by atoms with van der Waals surface area (Å²) in [5.74, 6) is 0.527. The van der Waals surface area contributed by atoms with Crippen molar-refractivity contribution in [3.8, 4) is 0 Å². The molecule has 0 unspecified atom stereocenters. The van der Waals surface area contributed by atoms with Gasteiger partial charge in [-0.15, -0.1) is 0 Å². The largest absolute Gasteiger partial charge is 0.348 e. The number of urea groups is 1. The maximum absolute atomic E-state index is 11.9. The number of aromatic nitrogens is 2. The fourth-order valence-corrected chi connectivity index (χ4v) is 2.73. The van der Waals surface area contributed by atoms with Gasteiger partial charge in [-0.25, -0.2) is 9.48 Å². The van der Waals surface area contributed by atoms with Crippen LogP contribution in [0.3, 0.4) is 0 Å². The molecule has 0 radical (unpaired) electrons. The second-order valence-corrected chi connectivity index (χ2v) is 5.50. The first-order valence-electron chi connectivity index (χ1n) is 7.28. The van der Waals surface area contributed by atoms with Crippen LogP contribution in [0.15, 0.2) is 0 Å². The van der Waals surface area contributed by atoms with E-state index in [1.165, 1.54) is 4.90 Å². The summed E-state index contributed by atoms with van der Waals surface area (Å²) in [6.45, 7) is 4.06. The summed E-state index contributed by atoms with van der Waals surface area (Å²) in [5, 5.41) is 15.6. The molecule has 1 aromatic heterocycles. The summed E-state index contributed by atoms with van der Waals surface area (Å²) in [5.41, 5.74) is 0.576. The van der Waals surface area contributed by atoms with E-state index in [1.807, 2.05) is 11.8 Å².